The predicted octanol–water partition coefficient (Wildman–Crippen LogP) is 3.23. The van der Waals surface area contributed by atoms with Crippen molar-refractivity contribution >= 4 is 49.2 Å². The number of rotatable bonds is 1. The smallest absolute Gasteiger partial charge is 0.196 e. The molecule has 0 N–H and O–H groups in total. The van der Waals surface area contributed by atoms with Crippen molar-refractivity contribution in [2.24, 2.45) is 0 Å². The lowest BCUT2D eigenvalue weighted by molar-refractivity contribution is 0.910. The number of aromatic nitrogens is 5. The maximum absolute atomic E-state index is 4.62. The lowest BCUT2D eigenvalue weighted by Gasteiger charge is -1.99. The van der Waals surface area contributed by atoms with E-state index in [1.807, 2.05) is 17.6 Å². The Morgan fingerprint density at radius 2 is 2.10 bits per heavy atom. The van der Waals surface area contributed by atoms with Gasteiger partial charge >= 0.3 is 0 Å². The summed E-state index contributed by atoms with van der Waals surface area (Å²) in [5.74, 6) is 0. The third-order valence-electron chi connectivity index (χ3n) is 3.31. The second-order valence-corrected chi connectivity index (χ2v) is 6.44. The molecule has 0 aromatic carbocycles. The van der Waals surface area contributed by atoms with Crippen molar-refractivity contribution in [3.63, 3.8) is 0 Å². The Bertz CT molecular complexity index is 969. The molecule has 4 heterocycles. The number of aryl methyl sites for hydroxylation is 2. The molecule has 7 heteroatoms. The lowest BCUT2D eigenvalue weighted by atomic mass is 10.1. The Kier molecular flexibility index (Phi) is 2.49. The average molecular weight is 301 g/mol. The summed E-state index contributed by atoms with van der Waals surface area (Å²) in [5, 5.41) is 10.5. The monoisotopic (exact) mass is 301 g/mol. The van der Waals surface area contributed by atoms with E-state index >= 15 is 0 Å². The molecule has 0 unspecified atom stereocenters. The maximum atomic E-state index is 4.62. The number of hydrogen-bond donors (Lipinski definition) is 0. The molecule has 0 saturated heterocycles. The van der Waals surface area contributed by atoms with Crippen molar-refractivity contribution in [1.82, 2.24) is 24.6 Å². The van der Waals surface area contributed by atoms with Crippen LogP contribution in [0.3, 0.4) is 0 Å². The first-order valence-corrected chi connectivity index (χ1v) is 8.17. The van der Waals surface area contributed by atoms with Crippen LogP contribution in [0.4, 0.5) is 0 Å². The van der Waals surface area contributed by atoms with Crippen LogP contribution in [0.25, 0.3) is 26.1 Å². The third kappa shape index (κ3) is 1.50. The van der Waals surface area contributed by atoms with E-state index < -0.39 is 0 Å². The fourth-order valence-electron chi connectivity index (χ4n) is 2.49. The Hall–Kier alpha value is -1.73. The predicted molar refractivity (Wildman–Crippen MR) is 82.7 cm³/mol. The van der Waals surface area contributed by atoms with E-state index in [-0.39, 0.29) is 0 Å². The highest BCUT2D eigenvalue weighted by atomic mass is 32.2. The van der Waals surface area contributed by atoms with E-state index in [0.29, 0.717) is 0 Å². The lowest BCUT2D eigenvalue weighted by Crippen LogP contribution is -1.89. The molecule has 0 spiro atoms. The van der Waals surface area contributed by atoms with Gasteiger partial charge in [0, 0.05) is 11.1 Å². The number of thioether (sulfide) groups is 1. The average Bonchev–Trinajstić information content (AvgIpc) is 2.97. The fraction of sp³-hybridized carbons (Fsp3) is 0.231. The molecule has 20 heavy (non-hydrogen) atoms. The van der Waals surface area contributed by atoms with Gasteiger partial charge in [-0.2, -0.15) is 0 Å². The summed E-state index contributed by atoms with van der Waals surface area (Å²) in [6.45, 7) is 4.12. The van der Waals surface area contributed by atoms with Crippen molar-refractivity contribution in [3.8, 4) is 0 Å². The summed E-state index contributed by atoms with van der Waals surface area (Å²) in [6.07, 6.45) is 3.79. The molecule has 0 amide bonds. The van der Waals surface area contributed by atoms with Crippen LogP contribution >= 0.6 is 23.1 Å². The van der Waals surface area contributed by atoms with Gasteiger partial charge in [-0.25, -0.2) is 9.97 Å². The number of hydrogen-bond acceptors (Lipinski definition) is 6. The van der Waals surface area contributed by atoms with Crippen LogP contribution < -0.4 is 0 Å². The van der Waals surface area contributed by atoms with Crippen LogP contribution in [0.15, 0.2) is 17.6 Å². The molecule has 100 valence electrons. The van der Waals surface area contributed by atoms with Gasteiger partial charge in [0.2, 0.25) is 0 Å². The van der Waals surface area contributed by atoms with Gasteiger partial charge in [0.25, 0.3) is 0 Å². The highest BCUT2D eigenvalue weighted by Gasteiger charge is 2.16. The summed E-state index contributed by atoms with van der Waals surface area (Å²) in [6, 6.07) is 2.09. The Labute approximate surface area is 123 Å². The summed E-state index contributed by atoms with van der Waals surface area (Å²) >= 11 is 3.20. The summed E-state index contributed by atoms with van der Waals surface area (Å²) in [4.78, 5) is 10.3. The van der Waals surface area contributed by atoms with Crippen molar-refractivity contribution in [2.45, 2.75) is 19.0 Å². The largest absolute Gasteiger partial charge is 0.259 e. The summed E-state index contributed by atoms with van der Waals surface area (Å²) in [7, 11) is 0. The van der Waals surface area contributed by atoms with Crippen LogP contribution in [0.2, 0.25) is 0 Å². The van der Waals surface area contributed by atoms with Gasteiger partial charge in [0.15, 0.2) is 10.8 Å². The van der Waals surface area contributed by atoms with E-state index in [2.05, 4.69) is 33.2 Å². The summed E-state index contributed by atoms with van der Waals surface area (Å²) < 4.78 is 2.99. The van der Waals surface area contributed by atoms with E-state index in [0.717, 1.165) is 36.9 Å². The minimum absolute atomic E-state index is 0.854. The SMILES string of the molecule is CSc1nnc2c3sc4nc(C)cc(C)c4c3ncn12. The molecule has 0 bridgehead atoms. The Morgan fingerprint density at radius 1 is 1.25 bits per heavy atom. The molecule has 0 radical (unpaired) electrons. The van der Waals surface area contributed by atoms with Crippen molar-refractivity contribution in [2.75, 3.05) is 6.26 Å². The van der Waals surface area contributed by atoms with Gasteiger partial charge in [-0.3, -0.25) is 4.40 Å². The van der Waals surface area contributed by atoms with Gasteiger partial charge in [-0.05, 0) is 31.7 Å². The van der Waals surface area contributed by atoms with Crippen molar-refractivity contribution < 1.29 is 0 Å². The van der Waals surface area contributed by atoms with Gasteiger partial charge < -0.3 is 0 Å². The Balaban J connectivity index is 2.23. The number of thiophene rings is 1. The molecule has 0 aliphatic carbocycles. The third-order valence-corrected chi connectivity index (χ3v) is 5.03. The van der Waals surface area contributed by atoms with E-state index in [1.165, 1.54) is 5.56 Å². The fourth-order valence-corrected chi connectivity index (χ4v) is 4.17. The molecule has 0 aliphatic heterocycles. The molecule has 4 aromatic heterocycles. The first-order valence-electron chi connectivity index (χ1n) is 6.13. The topological polar surface area (TPSA) is 56.0 Å². The number of pyridine rings is 1. The van der Waals surface area contributed by atoms with Crippen LogP contribution in [0.1, 0.15) is 11.3 Å². The highest BCUT2D eigenvalue weighted by Crippen LogP contribution is 2.35. The molecule has 4 rings (SSSR count). The van der Waals surface area contributed by atoms with Crippen molar-refractivity contribution in [3.05, 3.63) is 23.7 Å². The Morgan fingerprint density at radius 3 is 2.90 bits per heavy atom. The van der Waals surface area contributed by atoms with Gasteiger partial charge in [0.05, 0.1) is 5.52 Å². The van der Waals surface area contributed by atoms with Crippen LogP contribution in [0.5, 0.6) is 0 Å². The standard InChI is InChI=1S/C13H11N5S2/c1-6-4-7(2)15-12-8(6)9-10(20-12)11-16-17-13(19-3)18(11)5-14-9/h4-5H,1-3H3. The molecule has 0 fully saturated rings. The summed E-state index contributed by atoms with van der Waals surface area (Å²) in [5.41, 5.74) is 4.08. The molecular formula is C13H11N5S2. The van der Waals surface area contributed by atoms with E-state index in [1.54, 1.807) is 29.4 Å². The van der Waals surface area contributed by atoms with E-state index in [9.17, 15) is 0 Å². The second-order valence-electron chi connectivity index (χ2n) is 4.67. The molecular weight excluding hydrogens is 290 g/mol. The number of nitrogens with zero attached hydrogens (tertiary/aromatic N) is 5. The minimum Gasteiger partial charge on any atom is -0.259 e. The molecule has 0 aliphatic rings. The zero-order valence-electron chi connectivity index (χ0n) is 11.2. The zero-order valence-corrected chi connectivity index (χ0v) is 12.8. The first kappa shape index (κ1) is 12.0. The molecule has 5 nitrogen and oxygen atoms in total. The molecule has 0 atom stereocenters. The van der Waals surface area contributed by atoms with Gasteiger partial charge in [-0.15, -0.1) is 21.5 Å². The quantitative estimate of drug-likeness (QED) is 0.505. The maximum Gasteiger partial charge on any atom is 0.196 e. The normalized spacial score (nSPS) is 11.9. The molecule has 0 saturated carbocycles. The van der Waals surface area contributed by atoms with Crippen molar-refractivity contribution in [1.29, 1.82) is 0 Å². The van der Waals surface area contributed by atoms with Gasteiger partial charge in [0.1, 0.15) is 15.9 Å². The number of fused-ring (bicyclic) bond motifs is 5. The zero-order chi connectivity index (χ0) is 13.9. The second kappa shape index (κ2) is 4.13. The first-order chi connectivity index (χ1) is 9.69. The van der Waals surface area contributed by atoms with Gasteiger partial charge in [-0.1, -0.05) is 11.8 Å². The highest BCUT2D eigenvalue weighted by molar-refractivity contribution is 7.98. The molecule has 4 aromatic rings. The van der Waals surface area contributed by atoms with Crippen LogP contribution in [-0.2, 0) is 0 Å². The van der Waals surface area contributed by atoms with E-state index in [4.69, 9.17) is 0 Å². The van der Waals surface area contributed by atoms with Crippen LogP contribution in [0, 0.1) is 13.8 Å². The minimum atomic E-state index is 0.854. The van der Waals surface area contributed by atoms with Crippen LogP contribution in [-0.4, -0.2) is 30.8 Å².